The predicted octanol–water partition coefficient (Wildman–Crippen LogP) is 3.70. The zero-order chi connectivity index (χ0) is 15.0. The number of phenols is 1. The lowest BCUT2D eigenvalue weighted by molar-refractivity contribution is 0.0818. The summed E-state index contributed by atoms with van der Waals surface area (Å²) in [6.07, 6.45) is 1.45. The van der Waals surface area contributed by atoms with Gasteiger partial charge in [-0.25, -0.2) is 0 Å². The van der Waals surface area contributed by atoms with Crippen molar-refractivity contribution in [2.75, 3.05) is 0 Å². The summed E-state index contributed by atoms with van der Waals surface area (Å²) >= 11 is 3.28. The van der Waals surface area contributed by atoms with Crippen LogP contribution < -0.4 is 0 Å². The predicted molar refractivity (Wildman–Crippen MR) is 82.8 cm³/mol. The fourth-order valence-corrected chi connectivity index (χ4v) is 2.46. The molecule has 0 spiro atoms. The van der Waals surface area contributed by atoms with Crippen molar-refractivity contribution in [2.45, 2.75) is 0 Å². The van der Waals surface area contributed by atoms with Crippen LogP contribution in [0.3, 0.4) is 0 Å². The number of nitrogens with one attached hydrogen (secondary N) is 1. The average Bonchev–Trinajstić information content (AvgIpc) is 2.92. The topological polar surface area (TPSA) is 70.2 Å². The molecule has 0 fully saturated rings. The Balaban J connectivity index is 2.04. The number of H-pyrrole nitrogens is 1. The van der Waals surface area contributed by atoms with Crippen LogP contribution in [0, 0.1) is 0 Å². The minimum absolute atomic E-state index is 0.0271. The Hall–Kier alpha value is -2.40. The standard InChI is InChI=1S/C16H10BrNO3/c17-10-6-4-9(5-7-10)15(20)16(21)11-8-18-12-2-1-3-13(19)14(11)12/h1-8,18-19H. The average molecular weight is 344 g/mol. The first kappa shape index (κ1) is 13.6. The Labute approximate surface area is 128 Å². The number of benzene rings is 2. The number of Topliss-reactive ketones (excluding diaryl/α,β-unsaturated/α-hetero) is 2. The number of carbonyl (C=O) groups is 2. The molecule has 0 unspecified atom stereocenters. The normalized spacial score (nSPS) is 10.7. The number of fused-ring (bicyclic) bond motifs is 1. The SMILES string of the molecule is O=C(C(=O)c1c[nH]c2cccc(O)c12)c1ccc(Br)cc1. The van der Waals surface area contributed by atoms with E-state index in [1.807, 2.05) is 0 Å². The van der Waals surface area contributed by atoms with Crippen molar-refractivity contribution in [2.24, 2.45) is 0 Å². The van der Waals surface area contributed by atoms with E-state index < -0.39 is 11.6 Å². The van der Waals surface area contributed by atoms with Crippen LogP contribution in [0.4, 0.5) is 0 Å². The van der Waals surface area contributed by atoms with Gasteiger partial charge in [0, 0.05) is 21.7 Å². The molecule has 0 bridgehead atoms. The van der Waals surface area contributed by atoms with Crippen molar-refractivity contribution in [1.29, 1.82) is 0 Å². The summed E-state index contributed by atoms with van der Waals surface area (Å²) in [5.74, 6) is -1.28. The third kappa shape index (κ3) is 2.36. The van der Waals surface area contributed by atoms with Crippen molar-refractivity contribution in [3.8, 4) is 5.75 Å². The van der Waals surface area contributed by atoms with Crippen molar-refractivity contribution in [3.63, 3.8) is 0 Å². The van der Waals surface area contributed by atoms with Gasteiger partial charge < -0.3 is 10.1 Å². The molecule has 4 nitrogen and oxygen atoms in total. The first-order chi connectivity index (χ1) is 10.1. The second-order valence-electron chi connectivity index (χ2n) is 4.57. The van der Waals surface area contributed by atoms with Gasteiger partial charge in [-0.3, -0.25) is 9.59 Å². The number of aromatic nitrogens is 1. The molecule has 0 saturated carbocycles. The quantitative estimate of drug-likeness (QED) is 0.562. The van der Waals surface area contributed by atoms with Gasteiger partial charge in [0.15, 0.2) is 0 Å². The van der Waals surface area contributed by atoms with Gasteiger partial charge in [0.05, 0.1) is 10.9 Å². The van der Waals surface area contributed by atoms with Crippen molar-refractivity contribution >= 4 is 38.4 Å². The minimum atomic E-state index is -0.648. The summed E-state index contributed by atoms with van der Waals surface area (Å²) < 4.78 is 0.830. The third-order valence-electron chi connectivity index (χ3n) is 3.24. The summed E-state index contributed by atoms with van der Waals surface area (Å²) in [6.45, 7) is 0. The molecule has 0 saturated heterocycles. The second-order valence-corrected chi connectivity index (χ2v) is 5.48. The molecule has 3 rings (SSSR count). The maximum absolute atomic E-state index is 12.4. The fourth-order valence-electron chi connectivity index (χ4n) is 2.20. The van der Waals surface area contributed by atoms with Gasteiger partial charge in [-0.15, -0.1) is 0 Å². The van der Waals surface area contributed by atoms with Crippen molar-refractivity contribution in [3.05, 3.63) is 64.3 Å². The molecule has 0 atom stereocenters. The molecular weight excluding hydrogens is 334 g/mol. The van der Waals surface area contributed by atoms with Crippen LogP contribution in [-0.4, -0.2) is 21.7 Å². The van der Waals surface area contributed by atoms with Gasteiger partial charge in [0.1, 0.15) is 5.75 Å². The largest absolute Gasteiger partial charge is 0.507 e. The maximum atomic E-state index is 12.4. The van der Waals surface area contributed by atoms with E-state index in [1.165, 1.54) is 12.3 Å². The summed E-state index contributed by atoms with van der Waals surface area (Å²) in [6, 6.07) is 11.4. The number of ketones is 2. The van der Waals surface area contributed by atoms with Crippen LogP contribution in [0.2, 0.25) is 0 Å². The van der Waals surface area contributed by atoms with E-state index in [4.69, 9.17) is 0 Å². The van der Waals surface area contributed by atoms with Gasteiger partial charge in [-0.2, -0.15) is 0 Å². The lowest BCUT2D eigenvalue weighted by Gasteiger charge is -2.01. The Bertz CT molecular complexity index is 850. The molecule has 3 aromatic rings. The number of aromatic hydroxyl groups is 1. The fraction of sp³-hybridized carbons (Fsp3) is 0. The van der Waals surface area contributed by atoms with Crippen molar-refractivity contribution < 1.29 is 14.7 Å². The lowest BCUT2D eigenvalue weighted by Crippen LogP contribution is -2.14. The molecular formula is C16H10BrNO3. The highest BCUT2D eigenvalue weighted by molar-refractivity contribution is 9.10. The van der Waals surface area contributed by atoms with E-state index >= 15 is 0 Å². The van der Waals surface area contributed by atoms with Crippen LogP contribution in [0.15, 0.2) is 53.1 Å². The second kappa shape index (κ2) is 5.18. The van der Waals surface area contributed by atoms with Crippen molar-refractivity contribution in [1.82, 2.24) is 4.98 Å². The number of carbonyl (C=O) groups excluding carboxylic acids is 2. The van der Waals surface area contributed by atoms with E-state index in [9.17, 15) is 14.7 Å². The first-order valence-corrected chi connectivity index (χ1v) is 7.01. The zero-order valence-corrected chi connectivity index (χ0v) is 12.3. The summed E-state index contributed by atoms with van der Waals surface area (Å²) in [7, 11) is 0. The molecule has 5 heteroatoms. The Morgan fingerprint density at radius 3 is 2.43 bits per heavy atom. The molecule has 0 amide bonds. The number of aromatic amines is 1. The molecule has 104 valence electrons. The van der Waals surface area contributed by atoms with Gasteiger partial charge in [0.25, 0.3) is 0 Å². The zero-order valence-electron chi connectivity index (χ0n) is 10.8. The van der Waals surface area contributed by atoms with E-state index in [0.717, 1.165) is 4.47 Å². The highest BCUT2D eigenvalue weighted by Gasteiger charge is 2.22. The highest BCUT2D eigenvalue weighted by Crippen LogP contribution is 2.28. The molecule has 2 aromatic carbocycles. The number of halogens is 1. The molecule has 1 heterocycles. The minimum Gasteiger partial charge on any atom is -0.507 e. The highest BCUT2D eigenvalue weighted by atomic mass is 79.9. The first-order valence-electron chi connectivity index (χ1n) is 6.21. The van der Waals surface area contributed by atoms with Gasteiger partial charge >= 0.3 is 0 Å². The summed E-state index contributed by atoms with van der Waals surface area (Å²) in [4.78, 5) is 27.5. The molecule has 0 aliphatic rings. The number of hydrogen-bond donors (Lipinski definition) is 2. The van der Waals surface area contributed by atoms with Gasteiger partial charge in [-0.05, 0) is 36.4 Å². The van der Waals surface area contributed by atoms with E-state index in [2.05, 4.69) is 20.9 Å². The van der Waals surface area contributed by atoms with Crippen LogP contribution in [-0.2, 0) is 0 Å². The molecule has 2 N–H and O–H groups in total. The Morgan fingerprint density at radius 2 is 1.71 bits per heavy atom. The Morgan fingerprint density at radius 1 is 1.00 bits per heavy atom. The number of phenolic OH excluding ortho intramolecular Hbond substituents is 1. The Kier molecular flexibility index (Phi) is 3.35. The van der Waals surface area contributed by atoms with Crippen LogP contribution in [0.1, 0.15) is 20.7 Å². The maximum Gasteiger partial charge on any atom is 0.235 e. The number of rotatable bonds is 3. The summed E-state index contributed by atoms with van der Waals surface area (Å²) in [5.41, 5.74) is 1.10. The smallest absolute Gasteiger partial charge is 0.235 e. The molecule has 0 aliphatic carbocycles. The van der Waals surface area contributed by atoms with E-state index in [0.29, 0.717) is 16.5 Å². The lowest BCUT2D eigenvalue weighted by atomic mass is 10.0. The van der Waals surface area contributed by atoms with Gasteiger partial charge in [-0.1, -0.05) is 22.0 Å². The molecule has 21 heavy (non-hydrogen) atoms. The monoisotopic (exact) mass is 343 g/mol. The van der Waals surface area contributed by atoms with Crippen LogP contribution in [0.5, 0.6) is 5.75 Å². The van der Waals surface area contributed by atoms with E-state index in [-0.39, 0.29) is 11.3 Å². The summed E-state index contributed by atoms with van der Waals surface area (Å²) in [5, 5.41) is 10.3. The number of hydrogen-bond acceptors (Lipinski definition) is 3. The van der Waals surface area contributed by atoms with E-state index in [1.54, 1.807) is 36.4 Å². The molecule has 0 aliphatic heterocycles. The molecule has 0 radical (unpaired) electrons. The van der Waals surface area contributed by atoms with Crippen LogP contribution >= 0.6 is 15.9 Å². The molecule has 1 aromatic heterocycles. The van der Waals surface area contributed by atoms with Crippen LogP contribution in [0.25, 0.3) is 10.9 Å². The third-order valence-corrected chi connectivity index (χ3v) is 3.77. The van der Waals surface area contributed by atoms with Gasteiger partial charge in [0.2, 0.25) is 11.6 Å².